The van der Waals surface area contributed by atoms with Crippen molar-refractivity contribution in [1.82, 2.24) is 14.8 Å². The maximum Gasteiger partial charge on any atom is 0.254 e. The quantitative estimate of drug-likeness (QED) is 0.833. The van der Waals surface area contributed by atoms with Crippen molar-refractivity contribution in [3.63, 3.8) is 0 Å². The zero-order chi connectivity index (χ0) is 19.2. The molecule has 6 nitrogen and oxygen atoms in total. The largest absolute Gasteiger partial charge is 0.496 e. The molecule has 1 saturated heterocycles. The number of methoxy groups -OCH3 is 1. The second-order valence-electron chi connectivity index (χ2n) is 6.55. The highest BCUT2D eigenvalue weighted by molar-refractivity contribution is 5.95. The molecule has 0 aliphatic carbocycles. The van der Waals surface area contributed by atoms with E-state index >= 15 is 0 Å². The SMILES string of the molecule is CCc1cc(C(=O)N2CCCN(C(=O)c3ccncc3)CC2)ccc1OC. The number of carbonyl (C=O) groups is 2. The molecule has 0 N–H and O–H groups in total. The Labute approximate surface area is 159 Å². The van der Waals surface area contributed by atoms with Crippen LogP contribution in [0.3, 0.4) is 0 Å². The summed E-state index contributed by atoms with van der Waals surface area (Å²) in [6.45, 7) is 4.40. The van der Waals surface area contributed by atoms with E-state index in [9.17, 15) is 9.59 Å². The van der Waals surface area contributed by atoms with E-state index in [0.717, 1.165) is 24.2 Å². The third-order valence-corrected chi connectivity index (χ3v) is 4.91. The molecule has 2 aromatic rings. The van der Waals surface area contributed by atoms with Crippen LogP contribution in [-0.4, -0.2) is 59.9 Å². The van der Waals surface area contributed by atoms with E-state index in [2.05, 4.69) is 4.98 Å². The molecule has 0 saturated carbocycles. The standard InChI is InChI=1S/C21H25N3O3/c1-3-16-15-18(5-6-19(16)27-2)21(26)24-12-4-11-23(13-14-24)20(25)17-7-9-22-10-8-17/h5-10,15H,3-4,11-14H2,1-2H3. The van der Waals surface area contributed by atoms with Crippen molar-refractivity contribution in [1.29, 1.82) is 0 Å². The number of pyridine rings is 1. The van der Waals surface area contributed by atoms with Gasteiger partial charge in [0, 0.05) is 49.7 Å². The van der Waals surface area contributed by atoms with Gasteiger partial charge in [-0.2, -0.15) is 0 Å². The first-order chi connectivity index (χ1) is 13.1. The average molecular weight is 367 g/mol. The van der Waals surface area contributed by atoms with Gasteiger partial charge in [0.25, 0.3) is 11.8 Å². The predicted octanol–water partition coefficient (Wildman–Crippen LogP) is 2.64. The minimum absolute atomic E-state index is 0.00515. The van der Waals surface area contributed by atoms with Gasteiger partial charge in [-0.3, -0.25) is 14.6 Å². The van der Waals surface area contributed by atoms with Gasteiger partial charge in [0.15, 0.2) is 0 Å². The molecule has 2 heterocycles. The summed E-state index contributed by atoms with van der Waals surface area (Å²) in [6.07, 6.45) is 4.81. The maximum atomic E-state index is 12.9. The topological polar surface area (TPSA) is 62.7 Å². The fraction of sp³-hybridized carbons (Fsp3) is 0.381. The Morgan fingerprint density at radius 1 is 0.963 bits per heavy atom. The third-order valence-electron chi connectivity index (χ3n) is 4.91. The molecule has 27 heavy (non-hydrogen) atoms. The van der Waals surface area contributed by atoms with Crippen molar-refractivity contribution < 1.29 is 14.3 Å². The highest BCUT2D eigenvalue weighted by Gasteiger charge is 2.24. The lowest BCUT2D eigenvalue weighted by Gasteiger charge is -2.22. The van der Waals surface area contributed by atoms with E-state index in [0.29, 0.717) is 37.3 Å². The lowest BCUT2D eigenvalue weighted by molar-refractivity contribution is 0.0718. The molecule has 1 fully saturated rings. The molecular weight excluding hydrogens is 342 g/mol. The van der Waals surface area contributed by atoms with Crippen LogP contribution in [-0.2, 0) is 6.42 Å². The molecule has 0 radical (unpaired) electrons. The van der Waals surface area contributed by atoms with Crippen LogP contribution in [0.2, 0.25) is 0 Å². The maximum absolute atomic E-state index is 12.9. The highest BCUT2D eigenvalue weighted by Crippen LogP contribution is 2.21. The summed E-state index contributed by atoms with van der Waals surface area (Å²) < 4.78 is 5.35. The van der Waals surface area contributed by atoms with Crippen LogP contribution in [0.15, 0.2) is 42.7 Å². The summed E-state index contributed by atoms with van der Waals surface area (Å²) in [5, 5.41) is 0. The lowest BCUT2D eigenvalue weighted by atomic mass is 10.1. The van der Waals surface area contributed by atoms with E-state index in [1.165, 1.54) is 0 Å². The van der Waals surface area contributed by atoms with E-state index in [4.69, 9.17) is 4.74 Å². The summed E-state index contributed by atoms with van der Waals surface area (Å²) in [4.78, 5) is 33.2. The number of aryl methyl sites for hydroxylation is 1. The average Bonchev–Trinajstić information content (AvgIpc) is 2.99. The van der Waals surface area contributed by atoms with Gasteiger partial charge in [0.1, 0.15) is 5.75 Å². The molecule has 0 unspecified atom stereocenters. The van der Waals surface area contributed by atoms with Crippen LogP contribution < -0.4 is 4.74 Å². The molecule has 1 aliphatic rings. The number of amides is 2. The molecule has 142 valence electrons. The van der Waals surface area contributed by atoms with Crippen molar-refractivity contribution in [2.75, 3.05) is 33.3 Å². The van der Waals surface area contributed by atoms with Gasteiger partial charge in [-0.15, -0.1) is 0 Å². The van der Waals surface area contributed by atoms with Gasteiger partial charge in [-0.05, 0) is 48.7 Å². The van der Waals surface area contributed by atoms with Crippen molar-refractivity contribution in [2.24, 2.45) is 0 Å². The zero-order valence-corrected chi connectivity index (χ0v) is 15.9. The molecule has 2 amide bonds. The van der Waals surface area contributed by atoms with Crippen LogP contribution in [0.25, 0.3) is 0 Å². The van der Waals surface area contributed by atoms with Crippen molar-refractivity contribution in [3.8, 4) is 5.75 Å². The minimum atomic E-state index is -0.00980. The zero-order valence-electron chi connectivity index (χ0n) is 15.9. The Morgan fingerprint density at radius 2 is 1.59 bits per heavy atom. The Morgan fingerprint density at radius 3 is 2.19 bits per heavy atom. The molecule has 1 aromatic heterocycles. The molecule has 3 rings (SSSR count). The van der Waals surface area contributed by atoms with Crippen LogP contribution in [0, 0.1) is 0 Å². The first-order valence-corrected chi connectivity index (χ1v) is 9.29. The second-order valence-corrected chi connectivity index (χ2v) is 6.55. The highest BCUT2D eigenvalue weighted by atomic mass is 16.5. The van der Waals surface area contributed by atoms with E-state index in [1.807, 2.05) is 34.9 Å². The van der Waals surface area contributed by atoms with Crippen LogP contribution >= 0.6 is 0 Å². The van der Waals surface area contributed by atoms with Gasteiger partial charge >= 0.3 is 0 Å². The van der Waals surface area contributed by atoms with E-state index in [-0.39, 0.29) is 11.8 Å². The number of carbonyl (C=O) groups excluding carboxylic acids is 2. The number of nitrogens with zero attached hydrogens (tertiary/aromatic N) is 3. The van der Waals surface area contributed by atoms with Gasteiger partial charge in [0.2, 0.25) is 0 Å². The van der Waals surface area contributed by atoms with E-state index in [1.54, 1.807) is 31.6 Å². The number of hydrogen-bond acceptors (Lipinski definition) is 4. The second kappa shape index (κ2) is 8.66. The van der Waals surface area contributed by atoms with E-state index < -0.39 is 0 Å². The Kier molecular flexibility index (Phi) is 6.06. The lowest BCUT2D eigenvalue weighted by Crippen LogP contribution is -2.37. The number of aromatic nitrogens is 1. The van der Waals surface area contributed by atoms with Gasteiger partial charge in [-0.1, -0.05) is 6.92 Å². The fourth-order valence-corrected chi connectivity index (χ4v) is 3.37. The fourth-order valence-electron chi connectivity index (χ4n) is 3.37. The van der Waals surface area contributed by atoms with Crippen molar-refractivity contribution >= 4 is 11.8 Å². The molecule has 1 aromatic carbocycles. The van der Waals surface area contributed by atoms with Crippen LogP contribution in [0.4, 0.5) is 0 Å². The Bertz CT molecular complexity index is 808. The first kappa shape index (κ1) is 18.9. The number of hydrogen-bond donors (Lipinski definition) is 0. The molecular formula is C21H25N3O3. The Balaban J connectivity index is 1.69. The molecule has 0 atom stereocenters. The van der Waals surface area contributed by atoms with Gasteiger partial charge in [-0.25, -0.2) is 0 Å². The molecule has 6 heteroatoms. The monoisotopic (exact) mass is 367 g/mol. The molecule has 0 bridgehead atoms. The molecule has 1 aliphatic heterocycles. The van der Waals surface area contributed by atoms with Gasteiger partial charge in [0.05, 0.1) is 7.11 Å². The third kappa shape index (κ3) is 4.27. The van der Waals surface area contributed by atoms with Gasteiger partial charge < -0.3 is 14.5 Å². The summed E-state index contributed by atoms with van der Waals surface area (Å²) in [5.41, 5.74) is 2.32. The van der Waals surface area contributed by atoms with Crippen molar-refractivity contribution in [3.05, 3.63) is 59.4 Å². The summed E-state index contributed by atoms with van der Waals surface area (Å²) in [7, 11) is 1.64. The Hall–Kier alpha value is -2.89. The minimum Gasteiger partial charge on any atom is -0.496 e. The number of benzene rings is 1. The predicted molar refractivity (Wildman–Crippen MR) is 103 cm³/mol. The molecule has 0 spiro atoms. The normalized spacial score (nSPS) is 14.6. The van der Waals surface area contributed by atoms with Crippen LogP contribution in [0.5, 0.6) is 5.75 Å². The smallest absolute Gasteiger partial charge is 0.254 e. The number of ether oxygens (including phenoxy) is 1. The summed E-state index contributed by atoms with van der Waals surface area (Å²) in [6, 6.07) is 9.01. The summed E-state index contributed by atoms with van der Waals surface area (Å²) >= 11 is 0. The van der Waals surface area contributed by atoms with Crippen LogP contribution in [0.1, 0.15) is 39.6 Å². The summed E-state index contributed by atoms with van der Waals surface area (Å²) in [5.74, 6) is 0.800. The van der Waals surface area contributed by atoms with Crippen molar-refractivity contribution in [2.45, 2.75) is 19.8 Å². The number of rotatable bonds is 4. The first-order valence-electron chi connectivity index (χ1n) is 9.29.